The zero-order valence-electron chi connectivity index (χ0n) is 19.4. The SMILES string of the molecule is CNC1C=CCC2CN(c3c(F)cc4c(=O)c(OC(=O)O)cn(-c5ccc(F)cc5F)c4c3F)CC21.Cl. The third-order valence-electron chi connectivity index (χ3n) is 6.88. The summed E-state index contributed by atoms with van der Waals surface area (Å²) in [7, 11) is 1.81. The minimum absolute atomic E-state index is 0. The summed E-state index contributed by atoms with van der Waals surface area (Å²) in [6, 6.07) is 3.28. The van der Waals surface area contributed by atoms with Gasteiger partial charge in [0.25, 0.3) is 0 Å². The predicted octanol–water partition coefficient (Wildman–Crippen LogP) is 4.63. The van der Waals surface area contributed by atoms with Crippen molar-refractivity contribution in [1.29, 1.82) is 0 Å². The molecule has 196 valence electrons. The standard InChI is InChI=1S/C25H21F4N3O4.ClH/c1-30-18-4-2-3-12-9-31(10-15(12)18)23-17(28)8-14-22(21(23)29)32(11-20(24(14)33)36-25(34)35)19-6-5-13(26)7-16(19)27;/h2,4-8,11-12,15,18,30H,3,9-10H2,1H3,(H,34,35);1H. The molecule has 2 N–H and O–H groups in total. The van der Waals surface area contributed by atoms with Crippen molar-refractivity contribution in [3.05, 3.63) is 76.1 Å². The van der Waals surface area contributed by atoms with Crippen molar-refractivity contribution in [2.75, 3.05) is 25.0 Å². The van der Waals surface area contributed by atoms with Gasteiger partial charge < -0.3 is 24.6 Å². The van der Waals surface area contributed by atoms with Crippen molar-refractivity contribution in [1.82, 2.24) is 9.88 Å². The highest BCUT2D eigenvalue weighted by Crippen LogP contribution is 2.39. The summed E-state index contributed by atoms with van der Waals surface area (Å²) in [5.41, 5.74) is -2.35. The summed E-state index contributed by atoms with van der Waals surface area (Å²) in [6.45, 7) is 0.705. The van der Waals surface area contributed by atoms with Gasteiger partial charge in [-0.1, -0.05) is 12.2 Å². The minimum Gasteiger partial charge on any atom is -0.449 e. The van der Waals surface area contributed by atoms with Crippen molar-refractivity contribution in [2.24, 2.45) is 11.8 Å². The third kappa shape index (κ3) is 4.53. The van der Waals surface area contributed by atoms with Crippen LogP contribution in [0.3, 0.4) is 0 Å². The fourth-order valence-electron chi connectivity index (χ4n) is 5.29. The van der Waals surface area contributed by atoms with Crippen LogP contribution in [0, 0.1) is 35.1 Å². The number of hydrogen-bond acceptors (Lipinski definition) is 5. The number of halogens is 5. The highest BCUT2D eigenvalue weighted by atomic mass is 35.5. The van der Waals surface area contributed by atoms with Gasteiger partial charge in [-0.25, -0.2) is 22.4 Å². The molecule has 2 heterocycles. The average Bonchev–Trinajstić information content (AvgIpc) is 3.24. The number of allylic oxidation sites excluding steroid dienone is 1. The molecule has 0 radical (unpaired) electrons. The van der Waals surface area contributed by atoms with E-state index in [4.69, 9.17) is 5.11 Å². The Kier molecular flexibility index (Phi) is 7.20. The van der Waals surface area contributed by atoms with Gasteiger partial charge in [0.15, 0.2) is 11.6 Å². The first-order chi connectivity index (χ1) is 17.2. The van der Waals surface area contributed by atoms with Crippen molar-refractivity contribution >= 4 is 35.2 Å². The molecule has 2 aliphatic rings. The Morgan fingerprint density at radius 2 is 1.89 bits per heavy atom. The summed E-state index contributed by atoms with van der Waals surface area (Å²) in [6.07, 6.45) is 3.75. The van der Waals surface area contributed by atoms with E-state index in [0.29, 0.717) is 19.2 Å². The second kappa shape index (κ2) is 10.1. The van der Waals surface area contributed by atoms with Gasteiger partial charge in [0.05, 0.1) is 22.8 Å². The maximum absolute atomic E-state index is 16.1. The van der Waals surface area contributed by atoms with E-state index in [0.717, 1.165) is 35.4 Å². The van der Waals surface area contributed by atoms with E-state index in [1.807, 2.05) is 19.2 Å². The lowest BCUT2D eigenvalue weighted by molar-refractivity contribution is 0.144. The van der Waals surface area contributed by atoms with E-state index >= 15 is 8.78 Å². The number of likely N-dealkylation sites (N-methyl/N-ethyl adjacent to an activating group) is 1. The van der Waals surface area contributed by atoms with Crippen LogP contribution >= 0.6 is 12.4 Å². The first kappa shape index (κ1) is 26.5. The van der Waals surface area contributed by atoms with E-state index in [1.165, 1.54) is 0 Å². The molecular formula is C25H22ClF4N3O4. The monoisotopic (exact) mass is 539 g/mol. The maximum atomic E-state index is 16.1. The second-order valence-electron chi connectivity index (χ2n) is 8.88. The zero-order chi connectivity index (χ0) is 25.7. The lowest BCUT2D eigenvalue weighted by atomic mass is 9.82. The van der Waals surface area contributed by atoms with Gasteiger partial charge in [-0.2, -0.15) is 0 Å². The first-order valence-corrected chi connectivity index (χ1v) is 11.2. The molecule has 1 aliphatic carbocycles. The number of carboxylic acid groups (broad SMARTS) is 1. The van der Waals surface area contributed by atoms with Crippen molar-refractivity contribution in [2.45, 2.75) is 12.5 Å². The molecule has 0 bridgehead atoms. The van der Waals surface area contributed by atoms with Crippen LogP contribution < -0.4 is 20.4 Å². The summed E-state index contributed by atoms with van der Waals surface area (Å²) in [5, 5.41) is 11.6. The number of anilines is 1. The maximum Gasteiger partial charge on any atom is 0.511 e. The van der Waals surface area contributed by atoms with Gasteiger partial charge in [-0.05, 0) is 37.6 Å². The molecule has 1 saturated heterocycles. The summed E-state index contributed by atoms with van der Waals surface area (Å²) in [5.74, 6) is -4.71. The fraction of sp³-hybridized carbons (Fsp3) is 0.280. The highest BCUT2D eigenvalue weighted by Gasteiger charge is 2.40. The topological polar surface area (TPSA) is 83.8 Å². The lowest BCUT2D eigenvalue weighted by Crippen LogP contribution is -2.38. The van der Waals surface area contributed by atoms with E-state index in [9.17, 15) is 18.4 Å². The van der Waals surface area contributed by atoms with E-state index in [2.05, 4.69) is 10.1 Å². The number of fused-ring (bicyclic) bond motifs is 2. The van der Waals surface area contributed by atoms with Crippen LogP contribution in [-0.4, -0.2) is 42.0 Å². The average molecular weight is 540 g/mol. The smallest absolute Gasteiger partial charge is 0.449 e. The van der Waals surface area contributed by atoms with Crippen molar-refractivity contribution < 1.29 is 32.2 Å². The number of ether oxygens (including phenoxy) is 1. The minimum atomic E-state index is -1.84. The molecule has 1 aromatic heterocycles. The second-order valence-corrected chi connectivity index (χ2v) is 8.88. The normalized spacial score (nSPS) is 20.6. The van der Waals surface area contributed by atoms with Crippen LogP contribution in [0.15, 0.2) is 47.4 Å². The lowest BCUT2D eigenvalue weighted by Gasteiger charge is -2.28. The van der Waals surface area contributed by atoms with Crippen LogP contribution in [0.1, 0.15) is 6.42 Å². The molecule has 1 aliphatic heterocycles. The van der Waals surface area contributed by atoms with Crippen molar-refractivity contribution in [3.8, 4) is 11.4 Å². The predicted molar refractivity (Wildman–Crippen MR) is 131 cm³/mol. The number of nitrogens with zero attached hydrogens (tertiary/aromatic N) is 2. The quantitative estimate of drug-likeness (QED) is 0.286. The van der Waals surface area contributed by atoms with Crippen LogP contribution in [0.25, 0.3) is 16.6 Å². The molecule has 7 nitrogen and oxygen atoms in total. The molecule has 37 heavy (non-hydrogen) atoms. The molecule has 2 aromatic carbocycles. The van der Waals surface area contributed by atoms with Gasteiger partial charge in [-0.15, -0.1) is 12.4 Å². The van der Waals surface area contributed by atoms with Gasteiger partial charge in [0.1, 0.15) is 23.1 Å². The van der Waals surface area contributed by atoms with Crippen LogP contribution in [0.2, 0.25) is 0 Å². The summed E-state index contributed by atoms with van der Waals surface area (Å²) >= 11 is 0. The zero-order valence-corrected chi connectivity index (χ0v) is 20.2. The molecular weight excluding hydrogens is 518 g/mol. The molecule has 3 atom stereocenters. The summed E-state index contributed by atoms with van der Waals surface area (Å²) < 4.78 is 65.2. The van der Waals surface area contributed by atoms with E-state index in [1.54, 1.807) is 4.90 Å². The first-order valence-electron chi connectivity index (χ1n) is 11.2. The van der Waals surface area contributed by atoms with E-state index < -0.39 is 51.5 Å². The number of pyridine rings is 1. The third-order valence-corrected chi connectivity index (χ3v) is 6.88. The molecule has 3 unspecified atom stereocenters. The molecule has 0 amide bonds. The highest BCUT2D eigenvalue weighted by molar-refractivity contribution is 5.87. The van der Waals surface area contributed by atoms with Crippen molar-refractivity contribution in [3.63, 3.8) is 0 Å². The largest absolute Gasteiger partial charge is 0.511 e. The molecule has 12 heteroatoms. The Morgan fingerprint density at radius 1 is 1.14 bits per heavy atom. The Morgan fingerprint density at radius 3 is 2.57 bits per heavy atom. The summed E-state index contributed by atoms with van der Waals surface area (Å²) in [4.78, 5) is 25.5. The van der Waals surface area contributed by atoms with E-state index in [-0.39, 0.29) is 41.7 Å². The number of hydrogen-bond donors (Lipinski definition) is 2. The van der Waals surface area contributed by atoms with Gasteiger partial charge >= 0.3 is 6.16 Å². The van der Waals surface area contributed by atoms with Gasteiger partial charge in [-0.3, -0.25) is 4.79 Å². The molecule has 3 aromatic rings. The number of benzene rings is 2. The Bertz CT molecular complexity index is 1480. The van der Waals surface area contributed by atoms with Crippen LogP contribution in [-0.2, 0) is 0 Å². The Balaban J connectivity index is 0.00000320. The fourth-order valence-corrected chi connectivity index (χ4v) is 5.29. The molecule has 5 rings (SSSR count). The van der Waals surface area contributed by atoms with Crippen LogP contribution in [0.4, 0.5) is 28.0 Å². The number of nitrogens with one attached hydrogen (secondary N) is 1. The molecule has 0 saturated carbocycles. The van der Waals surface area contributed by atoms with Gasteiger partial charge in [0.2, 0.25) is 5.43 Å². The molecule has 1 fully saturated rings. The number of rotatable bonds is 4. The van der Waals surface area contributed by atoms with Crippen LogP contribution in [0.5, 0.6) is 5.75 Å². The van der Waals surface area contributed by atoms with Gasteiger partial charge in [0, 0.05) is 31.1 Å². The Labute approximate surface area is 214 Å². The molecule has 0 spiro atoms. The number of aromatic nitrogens is 1. The number of carbonyl (C=O) groups is 1. The Hall–Kier alpha value is -3.57.